The summed E-state index contributed by atoms with van der Waals surface area (Å²) in [7, 11) is 1.58. The number of ether oxygens (including phenoxy) is 1. The quantitative estimate of drug-likeness (QED) is 0.713. The predicted octanol–water partition coefficient (Wildman–Crippen LogP) is 3.85. The van der Waals surface area contributed by atoms with E-state index < -0.39 is 0 Å². The number of phenolic OH excluding ortho intramolecular Hbond substituents is 1. The first-order valence-electron chi connectivity index (χ1n) is 7.67. The first kappa shape index (κ1) is 15.9. The maximum atomic E-state index is 10.9. The van der Waals surface area contributed by atoms with E-state index in [2.05, 4.69) is 5.16 Å². The number of aryl methyl sites for hydroxylation is 2. The van der Waals surface area contributed by atoms with Crippen LogP contribution in [0.15, 0.2) is 40.9 Å². The minimum Gasteiger partial charge on any atom is -0.507 e. The van der Waals surface area contributed by atoms with Gasteiger partial charge in [-0.05, 0) is 43.2 Å². The van der Waals surface area contributed by atoms with Gasteiger partial charge in [0.2, 0.25) is 0 Å². The molecule has 1 aromatic heterocycles. The number of anilines is 1. The Morgan fingerprint density at radius 3 is 2.62 bits per heavy atom. The molecule has 5 nitrogen and oxygen atoms in total. The molecule has 3 rings (SSSR count). The second kappa shape index (κ2) is 6.28. The third-order valence-corrected chi connectivity index (χ3v) is 4.17. The summed E-state index contributed by atoms with van der Waals surface area (Å²) in [4.78, 5) is 0. The van der Waals surface area contributed by atoms with Gasteiger partial charge in [0.25, 0.3) is 0 Å². The number of nitrogen functional groups attached to an aromatic ring is 1. The number of benzene rings is 2. The average molecular weight is 324 g/mol. The molecule has 0 unspecified atom stereocenters. The van der Waals surface area contributed by atoms with Gasteiger partial charge in [-0.15, -0.1) is 0 Å². The maximum Gasteiger partial charge on any atom is 0.137 e. The maximum absolute atomic E-state index is 10.9. The number of phenols is 1. The molecule has 0 saturated heterocycles. The van der Waals surface area contributed by atoms with Crippen LogP contribution in [-0.4, -0.2) is 17.4 Å². The summed E-state index contributed by atoms with van der Waals surface area (Å²) in [6.07, 6.45) is 0.534. The lowest BCUT2D eigenvalue weighted by atomic mass is 9.96. The number of hydrogen-bond donors (Lipinski definition) is 2. The van der Waals surface area contributed by atoms with E-state index in [1.165, 1.54) is 0 Å². The summed E-state index contributed by atoms with van der Waals surface area (Å²) >= 11 is 0. The fourth-order valence-corrected chi connectivity index (χ4v) is 2.85. The number of nitrogens with zero attached hydrogens (tertiary/aromatic N) is 1. The molecule has 0 bridgehead atoms. The Morgan fingerprint density at radius 1 is 1.21 bits per heavy atom. The van der Waals surface area contributed by atoms with Gasteiger partial charge in [-0.1, -0.05) is 23.4 Å². The largest absolute Gasteiger partial charge is 0.507 e. The molecule has 5 heteroatoms. The van der Waals surface area contributed by atoms with Crippen molar-refractivity contribution < 1.29 is 14.4 Å². The van der Waals surface area contributed by atoms with Crippen LogP contribution in [0.5, 0.6) is 11.5 Å². The average Bonchev–Trinajstić information content (AvgIpc) is 2.88. The topological polar surface area (TPSA) is 81.5 Å². The van der Waals surface area contributed by atoms with Crippen LogP contribution in [-0.2, 0) is 6.42 Å². The molecule has 124 valence electrons. The molecule has 0 saturated carbocycles. The van der Waals surface area contributed by atoms with Gasteiger partial charge in [0, 0.05) is 17.7 Å². The summed E-state index contributed by atoms with van der Waals surface area (Å²) < 4.78 is 10.6. The smallest absolute Gasteiger partial charge is 0.137 e. The molecule has 0 aliphatic heterocycles. The molecule has 1 heterocycles. The number of rotatable bonds is 4. The first-order chi connectivity index (χ1) is 11.5. The van der Waals surface area contributed by atoms with Crippen LogP contribution in [0.25, 0.3) is 11.1 Å². The molecule has 24 heavy (non-hydrogen) atoms. The molecular weight excluding hydrogens is 304 g/mol. The normalized spacial score (nSPS) is 10.8. The van der Waals surface area contributed by atoms with E-state index in [9.17, 15) is 5.11 Å². The highest BCUT2D eigenvalue weighted by Crippen LogP contribution is 2.41. The van der Waals surface area contributed by atoms with Crippen LogP contribution in [0.3, 0.4) is 0 Å². The van der Waals surface area contributed by atoms with Crippen LogP contribution < -0.4 is 10.5 Å². The number of aromatic hydroxyl groups is 1. The predicted molar refractivity (Wildman–Crippen MR) is 93.3 cm³/mol. The zero-order valence-corrected chi connectivity index (χ0v) is 14.0. The summed E-state index contributed by atoms with van der Waals surface area (Å²) in [5, 5.41) is 14.8. The van der Waals surface area contributed by atoms with E-state index in [4.69, 9.17) is 15.0 Å². The molecule has 3 N–H and O–H groups in total. The van der Waals surface area contributed by atoms with E-state index in [1.54, 1.807) is 13.2 Å². The van der Waals surface area contributed by atoms with Crippen LogP contribution >= 0.6 is 0 Å². The Hall–Kier alpha value is -2.95. The third-order valence-electron chi connectivity index (χ3n) is 4.17. The highest BCUT2D eigenvalue weighted by atomic mass is 16.5. The second-order valence-electron chi connectivity index (χ2n) is 5.76. The Morgan fingerprint density at radius 2 is 2.00 bits per heavy atom. The molecule has 0 aliphatic rings. The van der Waals surface area contributed by atoms with Crippen molar-refractivity contribution in [3.8, 4) is 22.6 Å². The van der Waals surface area contributed by atoms with Gasteiger partial charge < -0.3 is 20.1 Å². The zero-order valence-electron chi connectivity index (χ0n) is 14.0. The SMILES string of the molecule is COc1ccc(Cc2c(C)noc2C)c(O)c1-c1cccc(N)c1. The van der Waals surface area contributed by atoms with E-state index in [1.807, 2.05) is 44.2 Å². The monoisotopic (exact) mass is 324 g/mol. The second-order valence-corrected chi connectivity index (χ2v) is 5.76. The van der Waals surface area contributed by atoms with Gasteiger partial charge >= 0.3 is 0 Å². The van der Waals surface area contributed by atoms with Gasteiger partial charge in [0.15, 0.2) is 0 Å². The van der Waals surface area contributed by atoms with E-state index >= 15 is 0 Å². The Balaban J connectivity index is 2.12. The molecular formula is C19H20N2O3. The molecule has 0 fully saturated rings. The van der Waals surface area contributed by atoms with Crippen molar-refractivity contribution in [1.82, 2.24) is 5.16 Å². The van der Waals surface area contributed by atoms with Crippen molar-refractivity contribution in [3.63, 3.8) is 0 Å². The summed E-state index contributed by atoms with van der Waals surface area (Å²) in [5.41, 5.74) is 10.5. The standard InChI is InChI=1S/C19H20N2O3/c1-11-16(12(2)24-21-11)10-14-7-8-17(23-3)18(19(14)22)13-5-4-6-15(20)9-13/h4-9,22H,10,20H2,1-3H3. The Labute approximate surface area is 140 Å². The number of methoxy groups -OCH3 is 1. The molecule has 3 aromatic rings. The van der Waals surface area contributed by atoms with Crippen LogP contribution in [0.4, 0.5) is 5.69 Å². The number of aromatic nitrogens is 1. The van der Waals surface area contributed by atoms with Gasteiger partial charge in [-0.3, -0.25) is 0 Å². The molecule has 0 spiro atoms. The van der Waals surface area contributed by atoms with Crippen LogP contribution in [0.2, 0.25) is 0 Å². The lowest BCUT2D eigenvalue weighted by Crippen LogP contribution is -1.96. The van der Waals surface area contributed by atoms with Gasteiger partial charge in [-0.2, -0.15) is 0 Å². The summed E-state index contributed by atoms with van der Waals surface area (Å²) in [6.45, 7) is 3.76. The highest BCUT2D eigenvalue weighted by molar-refractivity contribution is 5.80. The van der Waals surface area contributed by atoms with Crippen LogP contribution in [0, 0.1) is 13.8 Å². The Kier molecular flexibility index (Phi) is 4.16. The fourth-order valence-electron chi connectivity index (χ4n) is 2.85. The van der Waals surface area contributed by atoms with Crippen molar-refractivity contribution in [2.24, 2.45) is 0 Å². The highest BCUT2D eigenvalue weighted by Gasteiger charge is 2.18. The van der Waals surface area contributed by atoms with E-state index in [-0.39, 0.29) is 5.75 Å². The van der Waals surface area contributed by atoms with Crippen molar-refractivity contribution >= 4 is 5.69 Å². The molecule has 0 amide bonds. The van der Waals surface area contributed by atoms with Gasteiger partial charge in [-0.25, -0.2) is 0 Å². The lowest BCUT2D eigenvalue weighted by Gasteiger charge is -2.15. The molecule has 0 atom stereocenters. The first-order valence-corrected chi connectivity index (χ1v) is 7.67. The van der Waals surface area contributed by atoms with Crippen molar-refractivity contribution in [2.45, 2.75) is 20.3 Å². The van der Waals surface area contributed by atoms with E-state index in [0.717, 1.165) is 28.1 Å². The minimum absolute atomic E-state index is 0.181. The van der Waals surface area contributed by atoms with Crippen LogP contribution in [0.1, 0.15) is 22.6 Å². The summed E-state index contributed by atoms with van der Waals surface area (Å²) in [6, 6.07) is 11.1. The minimum atomic E-state index is 0.181. The molecule has 0 aliphatic carbocycles. The van der Waals surface area contributed by atoms with Crippen molar-refractivity contribution in [1.29, 1.82) is 0 Å². The number of nitrogens with two attached hydrogens (primary N) is 1. The van der Waals surface area contributed by atoms with Crippen molar-refractivity contribution in [3.05, 3.63) is 59.0 Å². The van der Waals surface area contributed by atoms with Gasteiger partial charge in [0.1, 0.15) is 17.3 Å². The van der Waals surface area contributed by atoms with E-state index in [0.29, 0.717) is 23.4 Å². The zero-order chi connectivity index (χ0) is 17.3. The lowest BCUT2D eigenvalue weighted by molar-refractivity contribution is 0.392. The molecule has 2 aromatic carbocycles. The number of hydrogen-bond acceptors (Lipinski definition) is 5. The van der Waals surface area contributed by atoms with Crippen molar-refractivity contribution in [2.75, 3.05) is 12.8 Å². The van der Waals surface area contributed by atoms with Gasteiger partial charge in [0.05, 0.1) is 18.4 Å². The Bertz CT molecular complexity index is 865. The fraction of sp³-hybridized carbons (Fsp3) is 0.211. The molecule has 0 radical (unpaired) electrons. The third kappa shape index (κ3) is 2.80. The summed E-state index contributed by atoms with van der Waals surface area (Å²) in [5.74, 6) is 1.54.